The Balaban J connectivity index is 2.04. The highest BCUT2D eigenvalue weighted by Crippen LogP contribution is 2.27. The third-order valence-electron chi connectivity index (χ3n) is 3.99. The molecule has 0 bridgehead atoms. The van der Waals surface area contributed by atoms with Crippen LogP contribution in [0.25, 0.3) is 0 Å². The minimum atomic E-state index is -3.39. The molecule has 4 nitrogen and oxygen atoms in total. The van der Waals surface area contributed by atoms with Gasteiger partial charge in [-0.1, -0.05) is 12.1 Å². The molecule has 1 heterocycles. The minimum absolute atomic E-state index is 0.236. The van der Waals surface area contributed by atoms with Crippen LogP contribution in [0.15, 0.2) is 18.2 Å². The molecule has 0 saturated carbocycles. The van der Waals surface area contributed by atoms with Crippen LogP contribution in [-0.4, -0.2) is 31.8 Å². The molecule has 0 aromatic heterocycles. The van der Waals surface area contributed by atoms with E-state index < -0.39 is 14.6 Å². The summed E-state index contributed by atoms with van der Waals surface area (Å²) in [4.78, 5) is 12.1. The van der Waals surface area contributed by atoms with Gasteiger partial charge in [-0.3, -0.25) is 4.79 Å². The van der Waals surface area contributed by atoms with Crippen molar-refractivity contribution in [3.8, 4) is 5.75 Å². The van der Waals surface area contributed by atoms with Crippen LogP contribution in [-0.2, 0) is 27.5 Å². The largest absolute Gasteiger partial charge is 0.493 e. The Morgan fingerprint density at radius 3 is 2.70 bits per heavy atom. The standard InChI is InChI=1S/C15H20O4S/c1-15(2,20(3,17)18)14(16)7-5-11-4-6-13-12(10-11)8-9-19-13/h4,6,10H,5,7-9H2,1-3H3. The van der Waals surface area contributed by atoms with Crippen LogP contribution in [0.2, 0.25) is 0 Å². The molecule has 0 saturated heterocycles. The van der Waals surface area contributed by atoms with Crippen molar-refractivity contribution in [3.63, 3.8) is 0 Å². The van der Waals surface area contributed by atoms with Gasteiger partial charge in [0.25, 0.3) is 0 Å². The monoisotopic (exact) mass is 296 g/mol. The topological polar surface area (TPSA) is 60.4 Å². The zero-order valence-electron chi connectivity index (χ0n) is 12.1. The Morgan fingerprint density at radius 1 is 1.35 bits per heavy atom. The number of aryl methyl sites for hydroxylation is 1. The molecule has 20 heavy (non-hydrogen) atoms. The Kier molecular flexibility index (Phi) is 3.91. The molecule has 1 aromatic carbocycles. The number of benzene rings is 1. The van der Waals surface area contributed by atoms with Crippen molar-refractivity contribution in [2.75, 3.05) is 12.9 Å². The highest BCUT2D eigenvalue weighted by Gasteiger charge is 2.37. The lowest BCUT2D eigenvalue weighted by Gasteiger charge is -2.20. The second-order valence-corrected chi connectivity index (χ2v) is 8.31. The molecule has 0 unspecified atom stereocenters. The van der Waals surface area contributed by atoms with Crippen molar-refractivity contribution in [2.45, 2.75) is 37.9 Å². The number of hydrogen-bond donors (Lipinski definition) is 0. The molecule has 0 spiro atoms. The number of Topliss-reactive ketones (excluding diaryl/α,β-unsaturated/α-hetero) is 1. The molecule has 0 N–H and O–H groups in total. The van der Waals surface area contributed by atoms with E-state index in [1.165, 1.54) is 13.8 Å². The molecule has 1 aromatic rings. The molecule has 0 atom stereocenters. The first-order valence-electron chi connectivity index (χ1n) is 6.69. The van der Waals surface area contributed by atoms with E-state index in [0.717, 1.165) is 29.6 Å². The molecular formula is C15H20O4S. The lowest BCUT2D eigenvalue weighted by Crippen LogP contribution is -2.40. The summed E-state index contributed by atoms with van der Waals surface area (Å²) in [6.07, 6.45) is 2.80. The molecule has 1 aliphatic rings. The molecule has 0 fully saturated rings. The summed E-state index contributed by atoms with van der Waals surface area (Å²) < 4.78 is 27.4. The lowest BCUT2D eigenvalue weighted by molar-refractivity contribution is -0.120. The SMILES string of the molecule is CC(C)(C(=O)CCc1ccc2c(c1)CCO2)S(C)(=O)=O. The lowest BCUT2D eigenvalue weighted by atomic mass is 9.99. The maximum Gasteiger partial charge on any atom is 0.159 e. The molecule has 2 rings (SSSR count). The zero-order chi connectivity index (χ0) is 15.0. The van der Waals surface area contributed by atoms with E-state index in [2.05, 4.69) is 0 Å². The van der Waals surface area contributed by atoms with Gasteiger partial charge in [0.05, 0.1) is 6.61 Å². The molecular weight excluding hydrogens is 276 g/mol. The van der Waals surface area contributed by atoms with Gasteiger partial charge >= 0.3 is 0 Å². The van der Waals surface area contributed by atoms with Crippen LogP contribution in [0.4, 0.5) is 0 Å². The number of fused-ring (bicyclic) bond motifs is 1. The van der Waals surface area contributed by atoms with Gasteiger partial charge in [0.1, 0.15) is 10.5 Å². The van der Waals surface area contributed by atoms with Gasteiger partial charge in [-0.15, -0.1) is 0 Å². The predicted molar refractivity (Wildman–Crippen MR) is 77.9 cm³/mol. The Morgan fingerprint density at radius 2 is 2.05 bits per heavy atom. The van der Waals surface area contributed by atoms with Gasteiger partial charge in [-0.25, -0.2) is 8.42 Å². The first-order chi connectivity index (χ1) is 9.22. The number of rotatable bonds is 5. The van der Waals surface area contributed by atoms with Crippen molar-refractivity contribution in [1.29, 1.82) is 0 Å². The van der Waals surface area contributed by atoms with Crippen LogP contribution in [0.5, 0.6) is 5.75 Å². The van der Waals surface area contributed by atoms with Gasteiger partial charge in [-0.2, -0.15) is 0 Å². The van der Waals surface area contributed by atoms with Gasteiger partial charge in [0, 0.05) is 19.1 Å². The number of carbonyl (C=O) groups excluding carboxylic acids is 1. The van der Waals surface area contributed by atoms with Crippen molar-refractivity contribution in [3.05, 3.63) is 29.3 Å². The fraction of sp³-hybridized carbons (Fsp3) is 0.533. The van der Waals surface area contributed by atoms with E-state index in [-0.39, 0.29) is 12.2 Å². The number of carbonyl (C=O) groups is 1. The minimum Gasteiger partial charge on any atom is -0.493 e. The Labute approximate surface area is 120 Å². The molecule has 0 amide bonds. The molecule has 110 valence electrons. The summed E-state index contributed by atoms with van der Waals surface area (Å²) in [7, 11) is -3.39. The first kappa shape index (κ1) is 15.0. The summed E-state index contributed by atoms with van der Waals surface area (Å²) in [6, 6.07) is 5.90. The Bertz CT molecular complexity index is 629. The number of sulfone groups is 1. The average Bonchev–Trinajstić information content (AvgIpc) is 2.81. The van der Waals surface area contributed by atoms with Crippen molar-refractivity contribution < 1.29 is 17.9 Å². The zero-order valence-corrected chi connectivity index (χ0v) is 12.9. The van der Waals surface area contributed by atoms with Gasteiger partial charge in [0.2, 0.25) is 0 Å². The summed E-state index contributed by atoms with van der Waals surface area (Å²) in [5, 5.41) is 0. The van der Waals surface area contributed by atoms with Crippen molar-refractivity contribution in [1.82, 2.24) is 0 Å². The van der Waals surface area contributed by atoms with Crippen LogP contribution < -0.4 is 4.74 Å². The molecule has 0 aliphatic carbocycles. The van der Waals surface area contributed by atoms with Gasteiger partial charge in [0.15, 0.2) is 15.6 Å². The van der Waals surface area contributed by atoms with E-state index in [9.17, 15) is 13.2 Å². The van der Waals surface area contributed by atoms with E-state index in [0.29, 0.717) is 13.0 Å². The number of ether oxygens (including phenoxy) is 1. The normalized spacial score (nSPS) is 14.8. The summed E-state index contributed by atoms with van der Waals surface area (Å²) in [5.74, 6) is 0.674. The number of hydrogen-bond acceptors (Lipinski definition) is 4. The predicted octanol–water partition coefficient (Wildman–Crippen LogP) is 1.95. The maximum atomic E-state index is 12.1. The fourth-order valence-corrected chi connectivity index (χ4v) is 2.68. The van der Waals surface area contributed by atoms with E-state index in [4.69, 9.17) is 4.74 Å². The smallest absolute Gasteiger partial charge is 0.159 e. The van der Waals surface area contributed by atoms with Crippen LogP contribution >= 0.6 is 0 Å². The molecule has 0 radical (unpaired) electrons. The number of ketones is 1. The van der Waals surface area contributed by atoms with Crippen molar-refractivity contribution in [2.24, 2.45) is 0 Å². The second kappa shape index (κ2) is 5.20. The van der Waals surface area contributed by atoms with Crippen molar-refractivity contribution >= 4 is 15.6 Å². The van der Waals surface area contributed by atoms with Crippen LogP contribution in [0.3, 0.4) is 0 Å². The third kappa shape index (κ3) is 2.87. The summed E-state index contributed by atoms with van der Waals surface area (Å²) >= 11 is 0. The maximum absolute atomic E-state index is 12.1. The fourth-order valence-electron chi connectivity index (χ4n) is 2.16. The van der Waals surface area contributed by atoms with Gasteiger partial charge in [-0.05, 0) is 37.5 Å². The average molecular weight is 296 g/mol. The van der Waals surface area contributed by atoms with Crippen LogP contribution in [0.1, 0.15) is 31.4 Å². The highest BCUT2D eigenvalue weighted by atomic mass is 32.2. The summed E-state index contributed by atoms with van der Waals surface area (Å²) in [5.41, 5.74) is 2.21. The quantitative estimate of drug-likeness (QED) is 0.833. The second-order valence-electron chi connectivity index (χ2n) is 5.75. The molecule has 5 heteroatoms. The van der Waals surface area contributed by atoms with Crippen LogP contribution in [0, 0.1) is 0 Å². The molecule has 1 aliphatic heterocycles. The van der Waals surface area contributed by atoms with E-state index in [1.807, 2.05) is 18.2 Å². The van der Waals surface area contributed by atoms with E-state index >= 15 is 0 Å². The summed E-state index contributed by atoms with van der Waals surface area (Å²) in [6.45, 7) is 3.65. The first-order valence-corrected chi connectivity index (χ1v) is 8.58. The third-order valence-corrected chi connectivity index (χ3v) is 6.07. The van der Waals surface area contributed by atoms with Gasteiger partial charge < -0.3 is 4.74 Å². The Hall–Kier alpha value is -1.36. The van der Waals surface area contributed by atoms with E-state index in [1.54, 1.807) is 0 Å². The highest BCUT2D eigenvalue weighted by molar-refractivity contribution is 7.92.